The molecule has 0 spiro atoms. The first-order valence-electron chi connectivity index (χ1n) is 10.4. The lowest BCUT2D eigenvalue weighted by atomic mass is 9.97. The molecule has 1 fully saturated rings. The lowest BCUT2D eigenvalue weighted by Crippen LogP contribution is -2.39. The van der Waals surface area contributed by atoms with Gasteiger partial charge in [0.2, 0.25) is 0 Å². The van der Waals surface area contributed by atoms with Crippen molar-refractivity contribution < 1.29 is 19.1 Å². The molecule has 6 nitrogen and oxygen atoms in total. The summed E-state index contributed by atoms with van der Waals surface area (Å²) in [7, 11) is 1.60. The highest BCUT2D eigenvalue weighted by Gasteiger charge is 2.28. The third-order valence-electron chi connectivity index (χ3n) is 5.60. The number of nitrogens with one attached hydrogen (secondary N) is 1. The number of rotatable bonds is 7. The molecule has 1 N–H and O–H groups in total. The Labute approximate surface area is 182 Å². The van der Waals surface area contributed by atoms with Gasteiger partial charge in [0.05, 0.1) is 19.6 Å². The van der Waals surface area contributed by atoms with Crippen molar-refractivity contribution in [1.82, 2.24) is 4.90 Å². The highest BCUT2D eigenvalue weighted by molar-refractivity contribution is 7.16. The van der Waals surface area contributed by atoms with E-state index in [1.54, 1.807) is 42.7 Å². The van der Waals surface area contributed by atoms with Crippen LogP contribution in [0.5, 0.6) is 5.75 Å². The number of likely N-dealkylation sites (tertiary alicyclic amines) is 1. The average molecular weight is 431 g/mol. The van der Waals surface area contributed by atoms with E-state index in [0.29, 0.717) is 25.3 Å². The van der Waals surface area contributed by atoms with E-state index in [1.807, 2.05) is 6.92 Å². The average Bonchev–Trinajstić information content (AvgIpc) is 3.01. The van der Waals surface area contributed by atoms with E-state index in [2.05, 4.69) is 24.1 Å². The van der Waals surface area contributed by atoms with E-state index in [9.17, 15) is 9.59 Å². The van der Waals surface area contributed by atoms with Crippen molar-refractivity contribution in [2.24, 2.45) is 5.92 Å². The fraction of sp³-hybridized carbons (Fsp3) is 0.478. The molecule has 3 rings (SSSR count). The van der Waals surface area contributed by atoms with E-state index in [-0.39, 0.29) is 17.8 Å². The van der Waals surface area contributed by atoms with Gasteiger partial charge >= 0.3 is 5.97 Å². The topological polar surface area (TPSA) is 67.9 Å². The maximum atomic E-state index is 12.8. The minimum Gasteiger partial charge on any atom is -0.497 e. The van der Waals surface area contributed by atoms with E-state index < -0.39 is 0 Å². The monoisotopic (exact) mass is 430 g/mol. The number of anilines is 1. The molecule has 1 aromatic carbocycles. The molecule has 0 radical (unpaired) electrons. The van der Waals surface area contributed by atoms with Crippen LogP contribution in [0.3, 0.4) is 0 Å². The first-order valence-corrected chi connectivity index (χ1v) is 11.2. The lowest BCUT2D eigenvalue weighted by Gasteiger charge is -2.31. The number of thiophene rings is 1. The number of methoxy groups -OCH3 is 1. The number of hydrogen-bond acceptors (Lipinski definition) is 6. The van der Waals surface area contributed by atoms with Crippen LogP contribution >= 0.6 is 11.3 Å². The van der Waals surface area contributed by atoms with Gasteiger partial charge in [-0.2, -0.15) is 0 Å². The summed E-state index contributed by atoms with van der Waals surface area (Å²) in [6.45, 7) is 8.77. The van der Waals surface area contributed by atoms with Crippen LogP contribution in [-0.2, 0) is 16.1 Å². The summed E-state index contributed by atoms with van der Waals surface area (Å²) in [6.07, 6.45) is 1.84. The Hall–Kier alpha value is -2.38. The largest absolute Gasteiger partial charge is 0.497 e. The van der Waals surface area contributed by atoms with Crippen molar-refractivity contribution in [2.45, 2.75) is 40.2 Å². The molecule has 1 aromatic heterocycles. The number of nitrogens with zero attached hydrogens (tertiary/aromatic N) is 1. The second-order valence-corrected chi connectivity index (χ2v) is 8.82. The molecule has 0 unspecified atom stereocenters. The fourth-order valence-electron chi connectivity index (χ4n) is 3.76. The van der Waals surface area contributed by atoms with Crippen molar-refractivity contribution in [2.75, 3.05) is 32.1 Å². The summed E-state index contributed by atoms with van der Waals surface area (Å²) < 4.78 is 10.4. The molecule has 30 heavy (non-hydrogen) atoms. The molecule has 1 atom stereocenters. The second kappa shape index (κ2) is 10.1. The van der Waals surface area contributed by atoms with E-state index in [1.165, 1.54) is 10.4 Å². The van der Waals surface area contributed by atoms with Gasteiger partial charge in [0, 0.05) is 29.1 Å². The highest BCUT2D eigenvalue weighted by atomic mass is 32.1. The number of piperidine rings is 1. The van der Waals surface area contributed by atoms with Crippen molar-refractivity contribution in [1.29, 1.82) is 0 Å². The third kappa shape index (κ3) is 5.21. The normalized spacial score (nSPS) is 16.9. The standard InChI is InChI=1S/C23H30N2O4S/c1-5-29-23(27)18-7-6-12-25(13-18)14-20-15(2)16(3)30-22(20)24-21(26)17-8-10-19(28-4)11-9-17/h8-11,18H,5-7,12-14H2,1-4H3,(H,24,26)/t18-/m0/s1. The van der Waals surface area contributed by atoms with Crippen LogP contribution in [0.2, 0.25) is 0 Å². The van der Waals surface area contributed by atoms with Crippen molar-refractivity contribution in [3.05, 3.63) is 45.8 Å². The van der Waals surface area contributed by atoms with Crippen LogP contribution in [-0.4, -0.2) is 43.6 Å². The van der Waals surface area contributed by atoms with Crippen LogP contribution in [0, 0.1) is 19.8 Å². The lowest BCUT2D eigenvalue weighted by molar-refractivity contribution is -0.150. The van der Waals surface area contributed by atoms with Crippen LogP contribution in [0.4, 0.5) is 5.00 Å². The smallest absolute Gasteiger partial charge is 0.310 e. The van der Waals surface area contributed by atoms with E-state index >= 15 is 0 Å². The molecule has 1 saturated heterocycles. The molecule has 0 aliphatic carbocycles. The van der Waals surface area contributed by atoms with Crippen LogP contribution < -0.4 is 10.1 Å². The maximum Gasteiger partial charge on any atom is 0.310 e. The summed E-state index contributed by atoms with van der Waals surface area (Å²) in [5, 5.41) is 3.97. The van der Waals surface area contributed by atoms with Crippen molar-refractivity contribution in [3.8, 4) is 5.75 Å². The number of aryl methyl sites for hydroxylation is 1. The van der Waals surface area contributed by atoms with Gasteiger partial charge in [0.1, 0.15) is 10.8 Å². The van der Waals surface area contributed by atoms with Gasteiger partial charge < -0.3 is 14.8 Å². The zero-order valence-corrected chi connectivity index (χ0v) is 18.9. The Morgan fingerprint density at radius 3 is 2.63 bits per heavy atom. The first-order chi connectivity index (χ1) is 14.4. The Bertz CT molecular complexity index is 891. The van der Waals surface area contributed by atoms with Gasteiger partial charge in [-0.3, -0.25) is 14.5 Å². The van der Waals surface area contributed by atoms with Crippen LogP contribution in [0.15, 0.2) is 24.3 Å². The summed E-state index contributed by atoms with van der Waals surface area (Å²) >= 11 is 1.60. The molecule has 7 heteroatoms. The summed E-state index contributed by atoms with van der Waals surface area (Å²) in [5.41, 5.74) is 2.91. The summed E-state index contributed by atoms with van der Waals surface area (Å²) in [4.78, 5) is 28.4. The van der Waals surface area contributed by atoms with Gasteiger partial charge in [0.15, 0.2) is 0 Å². The molecule has 162 valence electrons. The van der Waals surface area contributed by atoms with Gasteiger partial charge in [-0.05, 0) is 70.0 Å². The number of benzene rings is 1. The van der Waals surface area contributed by atoms with E-state index in [0.717, 1.165) is 35.7 Å². The maximum absolute atomic E-state index is 12.8. The highest BCUT2D eigenvalue weighted by Crippen LogP contribution is 2.34. The number of esters is 1. The van der Waals surface area contributed by atoms with Gasteiger partial charge in [-0.1, -0.05) is 0 Å². The number of carbonyl (C=O) groups excluding carboxylic acids is 2. The SMILES string of the molecule is CCOC(=O)[C@H]1CCCN(Cc2c(NC(=O)c3ccc(OC)cc3)sc(C)c2C)C1. The predicted molar refractivity (Wildman–Crippen MR) is 119 cm³/mol. The molecule has 1 aliphatic rings. The first kappa shape index (κ1) is 22.3. The Morgan fingerprint density at radius 1 is 1.23 bits per heavy atom. The van der Waals surface area contributed by atoms with Crippen LogP contribution in [0.1, 0.15) is 46.1 Å². The molecule has 2 heterocycles. The van der Waals surface area contributed by atoms with Gasteiger partial charge in [-0.25, -0.2) is 0 Å². The number of ether oxygens (including phenoxy) is 2. The van der Waals surface area contributed by atoms with Gasteiger partial charge in [0.25, 0.3) is 5.91 Å². The molecule has 0 saturated carbocycles. The predicted octanol–water partition coefficient (Wildman–Crippen LogP) is 4.40. The minimum absolute atomic E-state index is 0.0731. The Kier molecular flexibility index (Phi) is 7.50. The number of carbonyl (C=O) groups is 2. The molecule has 2 aromatic rings. The summed E-state index contributed by atoms with van der Waals surface area (Å²) in [6, 6.07) is 7.08. The third-order valence-corrected chi connectivity index (χ3v) is 6.76. The fourth-order valence-corrected chi connectivity index (χ4v) is 4.83. The Balaban J connectivity index is 1.72. The molecular formula is C23H30N2O4S. The minimum atomic E-state index is -0.136. The Morgan fingerprint density at radius 2 is 1.97 bits per heavy atom. The zero-order chi connectivity index (χ0) is 21.7. The molecule has 1 aliphatic heterocycles. The van der Waals surface area contributed by atoms with Crippen molar-refractivity contribution >= 4 is 28.2 Å². The number of hydrogen-bond donors (Lipinski definition) is 1. The number of amides is 1. The molecular weight excluding hydrogens is 400 g/mol. The van der Waals surface area contributed by atoms with E-state index in [4.69, 9.17) is 9.47 Å². The zero-order valence-electron chi connectivity index (χ0n) is 18.1. The quantitative estimate of drug-likeness (QED) is 0.660. The summed E-state index contributed by atoms with van der Waals surface area (Å²) in [5.74, 6) is 0.407. The van der Waals surface area contributed by atoms with Crippen LogP contribution in [0.25, 0.3) is 0 Å². The van der Waals surface area contributed by atoms with Crippen molar-refractivity contribution in [3.63, 3.8) is 0 Å². The molecule has 0 bridgehead atoms. The second-order valence-electron chi connectivity index (χ2n) is 7.60. The van der Waals surface area contributed by atoms with Gasteiger partial charge in [-0.15, -0.1) is 11.3 Å². The molecule has 1 amide bonds.